The summed E-state index contributed by atoms with van der Waals surface area (Å²) >= 11 is 1.48. The third-order valence-electron chi connectivity index (χ3n) is 5.27. The van der Waals surface area contributed by atoms with Gasteiger partial charge in [-0.1, -0.05) is 60.7 Å². The van der Waals surface area contributed by atoms with Crippen molar-refractivity contribution in [3.8, 4) is 0 Å². The molecule has 34 heavy (non-hydrogen) atoms. The lowest BCUT2D eigenvalue weighted by molar-refractivity contribution is -0.115. The summed E-state index contributed by atoms with van der Waals surface area (Å²) in [5, 5.41) is 22.3. The Morgan fingerprint density at radius 3 is 2.35 bits per heavy atom. The molecule has 0 saturated carbocycles. The number of thiazole rings is 1. The van der Waals surface area contributed by atoms with E-state index in [-0.39, 0.29) is 12.3 Å². The second kappa shape index (κ2) is 12.1. The SMILES string of the molecule is O=C(Cc1csc(Nc2ccccc2)n1)Nc1ccc(CCNCC(O)c2ccccc2)cc1. The molecule has 0 radical (unpaired) electrons. The van der Waals surface area contributed by atoms with Crippen molar-refractivity contribution in [2.24, 2.45) is 0 Å². The molecule has 0 bridgehead atoms. The van der Waals surface area contributed by atoms with Gasteiger partial charge in [0.15, 0.2) is 5.13 Å². The van der Waals surface area contributed by atoms with Crippen LogP contribution in [-0.4, -0.2) is 29.1 Å². The normalized spacial score (nSPS) is 11.7. The molecule has 1 heterocycles. The van der Waals surface area contributed by atoms with E-state index in [4.69, 9.17) is 0 Å². The number of hydrogen-bond donors (Lipinski definition) is 4. The fraction of sp³-hybridized carbons (Fsp3) is 0.185. The highest BCUT2D eigenvalue weighted by Gasteiger charge is 2.09. The first-order chi connectivity index (χ1) is 16.7. The third-order valence-corrected chi connectivity index (χ3v) is 6.08. The minimum atomic E-state index is -0.512. The van der Waals surface area contributed by atoms with Crippen molar-refractivity contribution in [1.29, 1.82) is 0 Å². The van der Waals surface area contributed by atoms with Gasteiger partial charge in [-0.15, -0.1) is 11.3 Å². The number of nitrogens with one attached hydrogen (secondary N) is 3. The van der Waals surface area contributed by atoms with Crippen molar-refractivity contribution >= 4 is 33.8 Å². The highest BCUT2D eigenvalue weighted by atomic mass is 32.1. The monoisotopic (exact) mass is 472 g/mol. The minimum Gasteiger partial charge on any atom is -0.387 e. The summed E-state index contributed by atoms with van der Waals surface area (Å²) in [6.45, 7) is 1.27. The molecule has 4 N–H and O–H groups in total. The van der Waals surface area contributed by atoms with Crippen molar-refractivity contribution in [3.63, 3.8) is 0 Å². The van der Waals surface area contributed by atoms with Crippen LogP contribution in [0.5, 0.6) is 0 Å². The van der Waals surface area contributed by atoms with E-state index in [0.717, 1.165) is 46.3 Å². The van der Waals surface area contributed by atoms with Crippen LogP contribution < -0.4 is 16.0 Å². The maximum absolute atomic E-state index is 12.4. The van der Waals surface area contributed by atoms with Crippen LogP contribution in [0.25, 0.3) is 0 Å². The Morgan fingerprint density at radius 2 is 1.62 bits per heavy atom. The van der Waals surface area contributed by atoms with Crippen LogP contribution in [0.2, 0.25) is 0 Å². The number of aromatic nitrogens is 1. The van der Waals surface area contributed by atoms with E-state index in [1.165, 1.54) is 11.3 Å². The third kappa shape index (κ3) is 7.25. The number of nitrogens with zero attached hydrogens (tertiary/aromatic N) is 1. The summed E-state index contributed by atoms with van der Waals surface area (Å²) in [7, 11) is 0. The topological polar surface area (TPSA) is 86.3 Å². The molecule has 4 aromatic rings. The quantitative estimate of drug-likeness (QED) is 0.233. The highest BCUT2D eigenvalue weighted by Crippen LogP contribution is 2.21. The summed E-state index contributed by atoms with van der Waals surface area (Å²) in [5.41, 5.74) is 4.54. The van der Waals surface area contributed by atoms with E-state index >= 15 is 0 Å². The van der Waals surface area contributed by atoms with E-state index < -0.39 is 6.10 Å². The number of rotatable bonds is 11. The number of anilines is 3. The zero-order chi connectivity index (χ0) is 23.6. The summed E-state index contributed by atoms with van der Waals surface area (Å²) in [6.07, 6.45) is 0.551. The Balaban J connectivity index is 1.18. The lowest BCUT2D eigenvalue weighted by Gasteiger charge is -2.12. The van der Waals surface area contributed by atoms with Gasteiger partial charge in [0.25, 0.3) is 0 Å². The maximum Gasteiger partial charge on any atom is 0.230 e. The fourth-order valence-corrected chi connectivity index (χ4v) is 4.21. The molecule has 0 saturated heterocycles. The van der Waals surface area contributed by atoms with Crippen LogP contribution in [0.4, 0.5) is 16.5 Å². The molecular weight excluding hydrogens is 444 g/mol. The average molecular weight is 473 g/mol. The number of para-hydroxylation sites is 1. The molecular formula is C27H28N4O2S. The molecule has 0 aliphatic carbocycles. The summed E-state index contributed by atoms with van der Waals surface area (Å²) in [6, 6.07) is 27.3. The number of amides is 1. The van der Waals surface area contributed by atoms with Gasteiger partial charge in [-0.2, -0.15) is 0 Å². The summed E-state index contributed by atoms with van der Waals surface area (Å²) in [5.74, 6) is -0.0964. The summed E-state index contributed by atoms with van der Waals surface area (Å²) < 4.78 is 0. The number of benzene rings is 3. The first kappa shape index (κ1) is 23.6. The van der Waals surface area contributed by atoms with Crippen LogP contribution in [0.1, 0.15) is 22.9 Å². The predicted molar refractivity (Wildman–Crippen MR) is 139 cm³/mol. The number of hydrogen-bond acceptors (Lipinski definition) is 6. The average Bonchev–Trinajstić information content (AvgIpc) is 3.30. The van der Waals surface area contributed by atoms with Gasteiger partial charge in [-0.25, -0.2) is 4.98 Å². The van der Waals surface area contributed by atoms with E-state index in [0.29, 0.717) is 6.54 Å². The van der Waals surface area contributed by atoms with Gasteiger partial charge < -0.3 is 21.1 Å². The van der Waals surface area contributed by atoms with Crippen LogP contribution in [0.3, 0.4) is 0 Å². The van der Waals surface area contributed by atoms with Gasteiger partial charge in [0.2, 0.25) is 5.91 Å². The minimum absolute atomic E-state index is 0.0964. The maximum atomic E-state index is 12.4. The number of aliphatic hydroxyl groups excluding tert-OH is 1. The lowest BCUT2D eigenvalue weighted by atomic mass is 10.1. The number of carbonyl (C=O) groups excluding carboxylic acids is 1. The largest absolute Gasteiger partial charge is 0.387 e. The van der Waals surface area contributed by atoms with Gasteiger partial charge in [-0.3, -0.25) is 4.79 Å². The van der Waals surface area contributed by atoms with Crippen molar-refractivity contribution in [2.75, 3.05) is 23.7 Å². The first-order valence-electron chi connectivity index (χ1n) is 11.2. The Morgan fingerprint density at radius 1 is 0.912 bits per heavy atom. The van der Waals surface area contributed by atoms with E-state index in [2.05, 4.69) is 20.9 Å². The van der Waals surface area contributed by atoms with Gasteiger partial charge in [0.05, 0.1) is 18.2 Å². The predicted octanol–water partition coefficient (Wildman–Crippen LogP) is 4.93. The molecule has 7 heteroatoms. The zero-order valence-electron chi connectivity index (χ0n) is 18.8. The van der Waals surface area contributed by atoms with E-state index in [9.17, 15) is 9.90 Å². The molecule has 0 spiro atoms. The second-order valence-electron chi connectivity index (χ2n) is 7.94. The number of carbonyl (C=O) groups is 1. The Kier molecular flexibility index (Phi) is 8.40. The van der Waals surface area contributed by atoms with Gasteiger partial charge >= 0.3 is 0 Å². The molecule has 0 aliphatic rings. The Hall–Kier alpha value is -3.52. The van der Waals surface area contributed by atoms with Gasteiger partial charge in [0, 0.05) is 23.3 Å². The molecule has 1 unspecified atom stereocenters. The van der Waals surface area contributed by atoms with E-state index in [1.54, 1.807) is 0 Å². The molecule has 174 valence electrons. The van der Waals surface area contributed by atoms with Crippen molar-refractivity contribution in [1.82, 2.24) is 10.3 Å². The summed E-state index contributed by atoms with van der Waals surface area (Å²) in [4.78, 5) is 16.9. The van der Waals surface area contributed by atoms with Crippen LogP contribution in [0, 0.1) is 0 Å². The molecule has 1 atom stereocenters. The molecule has 0 fully saturated rings. The van der Waals surface area contributed by atoms with Crippen molar-refractivity contribution in [3.05, 3.63) is 107 Å². The smallest absolute Gasteiger partial charge is 0.230 e. The van der Waals surface area contributed by atoms with Gasteiger partial charge in [-0.05, 0) is 48.4 Å². The fourth-order valence-electron chi connectivity index (χ4n) is 3.48. The van der Waals surface area contributed by atoms with E-state index in [1.807, 2.05) is 90.3 Å². The molecule has 1 aromatic heterocycles. The van der Waals surface area contributed by atoms with Crippen LogP contribution in [-0.2, 0) is 17.6 Å². The van der Waals surface area contributed by atoms with Gasteiger partial charge in [0.1, 0.15) is 0 Å². The Bertz CT molecular complexity index is 1160. The lowest BCUT2D eigenvalue weighted by Crippen LogP contribution is -2.23. The van der Waals surface area contributed by atoms with Crippen LogP contribution in [0.15, 0.2) is 90.3 Å². The van der Waals surface area contributed by atoms with Crippen molar-refractivity contribution < 1.29 is 9.90 Å². The first-order valence-corrected chi connectivity index (χ1v) is 12.1. The van der Waals surface area contributed by atoms with Crippen LogP contribution >= 0.6 is 11.3 Å². The second-order valence-corrected chi connectivity index (χ2v) is 8.80. The number of aliphatic hydroxyl groups is 1. The molecule has 6 nitrogen and oxygen atoms in total. The molecule has 3 aromatic carbocycles. The molecule has 0 aliphatic heterocycles. The molecule has 4 rings (SSSR count). The zero-order valence-corrected chi connectivity index (χ0v) is 19.6. The van der Waals surface area contributed by atoms with Crippen molar-refractivity contribution in [2.45, 2.75) is 18.9 Å². The standard InChI is InChI=1S/C27H28N4O2S/c32-25(21-7-3-1-4-8-21)18-28-16-15-20-11-13-23(14-12-20)29-26(33)17-24-19-34-27(31-24)30-22-9-5-2-6-10-22/h1-14,19,25,28,32H,15-18H2,(H,29,33)(H,30,31). The molecule has 1 amide bonds. The Labute approximate surface area is 203 Å². The highest BCUT2D eigenvalue weighted by molar-refractivity contribution is 7.13.